The summed E-state index contributed by atoms with van der Waals surface area (Å²) in [6.45, 7) is 7.02. The van der Waals surface area contributed by atoms with Crippen LogP contribution in [-0.2, 0) is 0 Å². The van der Waals surface area contributed by atoms with Crippen molar-refractivity contribution < 1.29 is 13.5 Å². The van der Waals surface area contributed by atoms with Gasteiger partial charge in [-0.2, -0.15) is 4.39 Å². The molecule has 1 aromatic carbocycles. The first-order valence-corrected chi connectivity index (χ1v) is 5.09. The van der Waals surface area contributed by atoms with Crippen LogP contribution < -0.4 is 4.74 Å². The minimum atomic E-state index is -0.882. The molecule has 1 atom stereocenters. The summed E-state index contributed by atoms with van der Waals surface area (Å²) in [5.74, 6) is -1.67. The van der Waals surface area contributed by atoms with E-state index in [2.05, 4.69) is 0 Å². The van der Waals surface area contributed by atoms with Crippen molar-refractivity contribution in [3.63, 3.8) is 0 Å². The van der Waals surface area contributed by atoms with Crippen molar-refractivity contribution in [2.45, 2.75) is 40.2 Å². The standard InChI is InChI=1S/C12H16F2O/c1-5-9(4)15-12-8(3)6-7(2)10(13)11(12)14/h6,9H,5H2,1-4H3. The van der Waals surface area contributed by atoms with Crippen molar-refractivity contribution in [3.8, 4) is 5.75 Å². The molecule has 0 N–H and O–H groups in total. The molecule has 1 unspecified atom stereocenters. The number of hydrogen-bond acceptors (Lipinski definition) is 1. The predicted octanol–water partition coefficient (Wildman–Crippen LogP) is 3.76. The van der Waals surface area contributed by atoms with E-state index in [1.165, 1.54) is 0 Å². The molecular formula is C12H16F2O. The Morgan fingerprint density at radius 3 is 2.33 bits per heavy atom. The molecule has 15 heavy (non-hydrogen) atoms. The molecule has 0 saturated carbocycles. The van der Waals surface area contributed by atoms with Gasteiger partial charge in [0.2, 0.25) is 5.82 Å². The third-order valence-electron chi connectivity index (χ3n) is 2.42. The van der Waals surface area contributed by atoms with E-state index in [4.69, 9.17) is 4.74 Å². The van der Waals surface area contributed by atoms with E-state index < -0.39 is 11.6 Å². The zero-order valence-electron chi connectivity index (χ0n) is 9.53. The molecule has 0 spiro atoms. The summed E-state index contributed by atoms with van der Waals surface area (Å²) >= 11 is 0. The van der Waals surface area contributed by atoms with E-state index >= 15 is 0 Å². The summed E-state index contributed by atoms with van der Waals surface area (Å²) in [5.41, 5.74) is 0.938. The monoisotopic (exact) mass is 214 g/mol. The zero-order valence-corrected chi connectivity index (χ0v) is 9.53. The second kappa shape index (κ2) is 4.60. The summed E-state index contributed by atoms with van der Waals surface area (Å²) in [5, 5.41) is 0. The fraction of sp³-hybridized carbons (Fsp3) is 0.500. The third-order valence-corrected chi connectivity index (χ3v) is 2.42. The molecule has 1 rings (SSSR count). The van der Waals surface area contributed by atoms with E-state index in [-0.39, 0.29) is 11.9 Å². The molecule has 0 amide bonds. The van der Waals surface area contributed by atoms with Crippen LogP contribution in [0.4, 0.5) is 8.78 Å². The van der Waals surface area contributed by atoms with Gasteiger partial charge in [0.05, 0.1) is 6.10 Å². The van der Waals surface area contributed by atoms with Crippen molar-refractivity contribution in [1.29, 1.82) is 0 Å². The van der Waals surface area contributed by atoms with E-state index in [9.17, 15) is 8.78 Å². The SMILES string of the molecule is CCC(C)Oc1c(C)cc(C)c(F)c1F. The van der Waals surface area contributed by atoms with E-state index in [1.54, 1.807) is 19.9 Å². The molecule has 0 aliphatic carbocycles. The van der Waals surface area contributed by atoms with Crippen molar-refractivity contribution in [3.05, 3.63) is 28.8 Å². The summed E-state index contributed by atoms with van der Waals surface area (Å²) < 4.78 is 32.1. The summed E-state index contributed by atoms with van der Waals surface area (Å²) in [6.07, 6.45) is 0.647. The van der Waals surface area contributed by atoms with Gasteiger partial charge in [-0.15, -0.1) is 0 Å². The van der Waals surface area contributed by atoms with Gasteiger partial charge in [-0.3, -0.25) is 0 Å². The quantitative estimate of drug-likeness (QED) is 0.744. The number of rotatable bonds is 3. The van der Waals surface area contributed by atoms with Crippen molar-refractivity contribution in [2.75, 3.05) is 0 Å². The Morgan fingerprint density at radius 2 is 1.80 bits per heavy atom. The Morgan fingerprint density at radius 1 is 1.20 bits per heavy atom. The van der Waals surface area contributed by atoms with Crippen LogP contribution in [0.2, 0.25) is 0 Å². The van der Waals surface area contributed by atoms with Crippen molar-refractivity contribution >= 4 is 0 Å². The van der Waals surface area contributed by atoms with Crippen molar-refractivity contribution in [1.82, 2.24) is 0 Å². The van der Waals surface area contributed by atoms with Crippen LogP contribution in [-0.4, -0.2) is 6.10 Å². The Hall–Kier alpha value is -1.12. The second-order valence-electron chi connectivity index (χ2n) is 3.80. The highest BCUT2D eigenvalue weighted by Crippen LogP contribution is 2.28. The highest BCUT2D eigenvalue weighted by Gasteiger charge is 2.17. The maximum Gasteiger partial charge on any atom is 0.201 e. The van der Waals surface area contributed by atoms with E-state index in [0.29, 0.717) is 11.1 Å². The molecule has 0 aliphatic rings. The molecule has 0 aliphatic heterocycles. The molecule has 0 fully saturated rings. The van der Waals surface area contributed by atoms with Crippen LogP contribution in [0.1, 0.15) is 31.4 Å². The van der Waals surface area contributed by atoms with E-state index in [1.807, 2.05) is 13.8 Å². The van der Waals surface area contributed by atoms with Crippen LogP contribution in [0.25, 0.3) is 0 Å². The lowest BCUT2D eigenvalue weighted by Gasteiger charge is -2.16. The molecule has 1 nitrogen and oxygen atoms in total. The van der Waals surface area contributed by atoms with Gasteiger partial charge in [0, 0.05) is 0 Å². The van der Waals surface area contributed by atoms with Gasteiger partial charge in [0.15, 0.2) is 11.6 Å². The molecular weight excluding hydrogens is 198 g/mol. The number of benzene rings is 1. The topological polar surface area (TPSA) is 9.23 Å². The summed E-state index contributed by atoms with van der Waals surface area (Å²) in [6, 6.07) is 1.59. The van der Waals surface area contributed by atoms with Gasteiger partial charge in [0.25, 0.3) is 0 Å². The first-order valence-electron chi connectivity index (χ1n) is 5.09. The molecule has 0 saturated heterocycles. The largest absolute Gasteiger partial charge is 0.487 e. The van der Waals surface area contributed by atoms with Gasteiger partial charge in [-0.05, 0) is 44.4 Å². The fourth-order valence-corrected chi connectivity index (χ4v) is 1.33. The minimum Gasteiger partial charge on any atom is -0.487 e. The average molecular weight is 214 g/mol. The third kappa shape index (κ3) is 2.46. The Kier molecular flexibility index (Phi) is 3.66. The number of halogens is 2. The van der Waals surface area contributed by atoms with Gasteiger partial charge >= 0.3 is 0 Å². The normalized spacial score (nSPS) is 12.7. The lowest BCUT2D eigenvalue weighted by Crippen LogP contribution is -2.12. The highest BCUT2D eigenvalue weighted by molar-refractivity contribution is 5.38. The Bertz CT molecular complexity index is 361. The zero-order chi connectivity index (χ0) is 11.6. The van der Waals surface area contributed by atoms with Gasteiger partial charge in [0.1, 0.15) is 0 Å². The predicted molar refractivity (Wildman–Crippen MR) is 56.2 cm³/mol. The number of ether oxygens (including phenoxy) is 1. The smallest absolute Gasteiger partial charge is 0.201 e. The minimum absolute atomic E-state index is 0.0347. The molecule has 3 heteroatoms. The van der Waals surface area contributed by atoms with Crippen LogP contribution in [0.5, 0.6) is 5.75 Å². The molecule has 84 valence electrons. The van der Waals surface area contributed by atoms with Crippen LogP contribution in [0.15, 0.2) is 6.07 Å². The fourth-order valence-electron chi connectivity index (χ4n) is 1.33. The maximum atomic E-state index is 13.5. The Labute approximate surface area is 89.1 Å². The first kappa shape index (κ1) is 12.0. The Balaban J connectivity index is 3.12. The summed E-state index contributed by atoms with van der Waals surface area (Å²) in [4.78, 5) is 0. The molecule has 0 heterocycles. The maximum absolute atomic E-state index is 13.5. The van der Waals surface area contributed by atoms with Gasteiger partial charge in [-0.1, -0.05) is 6.92 Å². The van der Waals surface area contributed by atoms with Crippen LogP contribution >= 0.6 is 0 Å². The van der Waals surface area contributed by atoms with Gasteiger partial charge in [-0.25, -0.2) is 4.39 Å². The second-order valence-corrected chi connectivity index (χ2v) is 3.80. The lowest BCUT2D eigenvalue weighted by molar-refractivity contribution is 0.203. The van der Waals surface area contributed by atoms with Crippen LogP contribution in [0.3, 0.4) is 0 Å². The highest BCUT2D eigenvalue weighted by atomic mass is 19.2. The molecule has 0 bridgehead atoms. The number of hydrogen-bond donors (Lipinski definition) is 0. The first-order chi connectivity index (χ1) is 6.97. The van der Waals surface area contributed by atoms with Crippen LogP contribution in [0, 0.1) is 25.5 Å². The number of aryl methyl sites for hydroxylation is 2. The average Bonchev–Trinajstić information content (AvgIpc) is 2.21. The van der Waals surface area contributed by atoms with Crippen molar-refractivity contribution in [2.24, 2.45) is 0 Å². The molecule has 1 aromatic rings. The summed E-state index contributed by atoms with van der Waals surface area (Å²) in [7, 11) is 0. The van der Waals surface area contributed by atoms with E-state index in [0.717, 1.165) is 6.42 Å². The lowest BCUT2D eigenvalue weighted by atomic mass is 10.1. The molecule has 0 aromatic heterocycles. The molecule has 0 radical (unpaired) electrons. The van der Waals surface area contributed by atoms with Gasteiger partial charge < -0.3 is 4.74 Å².